The molecule has 0 aliphatic carbocycles. The molecule has 4 rings (SSSR count). The van der Waals surface area contributed by atoms with Gasteiger partial charge in [0.15, 0.2) is 11.6 Å². The predicted molar refractivity (Wildman–Crippen MR) is 131 cm³/mol. The highest BCUT2D eigenvalue weighted by Crippen LogP contribution is 2.31. The highest BCUT2D eigenvalue weighted by molar-refractivity contribution is 7.92. The number of anilines is 1. The van der Waals surface area contributed by atoms with Crippen LogP contribution in [0.2, 0.25) is 0 Å². The molecule has 0 atom stereocenters. The standard InChI is InChI=1S/C25H24F2N4O3S/c1-5-8-35(33,34)31-23-20(26)7-6-17(22(23)27)24(32)19-12-29-25-18(19)10-16(11-28-25)21-13(2)9-14(3)30-15(21)4/h6-7,9-12,31H,5,8H2,1-4H3,(H,28,29). The van der Waals surface area contributed by atoms with Gasteiger partial charge in [0.05, 0.1) is 11.3 Å². The second-order valence-corrected chi connectivity index (χ2v) is 10.2. The SMILES string of the molecule is CCCS(=O)(=O)Nc1c(F)ccc(C(=O)c2c[nH]c3ncc(-c4c(C)cc(C)nc4C)cc23)c1F. The monoisotopic (exact) mass is 498 g/mol. The van der Waals surface area contributed by atoms with Crippen molar-refractivity contribution in [3.8, 4) is 11.1 Å². The molecule has 3 heterocycles. The van der Waals surface area contributed by atoms with E-state index in [9.17, 15) is 17.6 Å². The number of carbonyl (C=O) groups is 1. The van der Waals surface area contributed by atoms with Crippen LogP contribution in [0, 0.1) is 32.4 Å². The summed E-state index contributed by atoms with van der Waals surface area (Å²) in [4.78, 5) is 25.1. The fourth-order valence-electron chi connectivity index (χ4n) is 4.23. The number of aryl methyl sites for hydroxylation is 3. The summed E-state index contributed by atoms with van der Waals surface area (Å²) >= 11 is 0. The largest absolute Gasteiger partial charge is 0.345 e. The molecule has 0 amide bonds. The molecule has 0 bridgehead atoms. The lowest BCUT2D eigenvalue weighted by molar-refractivity contribution is 0.103. The van der Waals surface area contributed by atoms with E-state index in [2.05, 4.69) is 15.0 Å². The van der Waals surface area contributed by atoms with E-state index in [4.69, 9.17) is 0 Å². The lowest BCUT2D eigenvalue weighted by Gasteiger charge is -2.12. The van der Waals surface area contributed by atoms with Crippen molar-refractivity contribution >= 4 is 32.5 Å². The fourth-order valence-corrected chi connectivity index (χ4v) is 5.37. The van der Waals surface area contributed by atoms with Crippen LogP contribution in [-0.4, -0.2) is 34.9 Å². The Balaban J connectivity index is 1.81. The summed E-state index contributed by atoms with van der Waals surface area (Å²) in [5.74, 6) is -3.44. The predicted octanol–water partition coefficient (Wildman–Crippen LogP) is 5.21. The number of nitrogens with one attached hydrogen (secondary N) is 2. The molecule has 0 radical (unpaired) electrons. The third-order valence-electron chi connectivity index (χ3n) is 5.66. The number of H-pyrrole nitrogens is 1. The number of fused-ring (bicyclic) bond motifs is 1. The highest BCUT2D eigenvalue weighted by atomic mass is 32.2. The molecule has 35 heavy (non-hydrogen) atoms. The molecule has 7 nitrogen and oxygen atoms in total. The average Bonchev–Trinajstić information content (AvgIpc) is 3.19. The minimum absolute atomic E-state index is 0.123. The van der Waals surface area contributed by atoms with Gasteiger partial charge in [-0.15, -0.1) is 0 Å². The molecule has 1 aromatic carbocycles. The maximum absolute atomic E-state index is 15.2. The number of halogens is 2. The van der Waals surface area contributed by atoms with Gasteiger partial charge in [-0.05, 0) is 57.0 Å². The summed E-state index contributed by atoms with van der Waals surface area (Å²) in [6.45, 7) is 7.37. The van der Waals surface area contributed by atoms with E-state index < -0.39 is 38.7 Å². The number of nitrogens with zero attached hydrogens (tertiary/aromatic N) is 2. The summed E-state index contributed by atoms with van der Waals surface area (Å²) in [6, 6.07) is 5.58. The molecule has 10 heteroatoms. The number of rotatable bonds is 7. The average molecular weight is 499 g/mol. The number of hydrogen-bond acceptors (Lipinski definition) is 5. The lowest BCUT2D eigenvalue weighted by Crippen LogP contribution is -2.19. The molecule has 0 saturated heterocycles. The molecule has 0 fully saturated rings. The highest BCUT2D eigenvalue weighted by Gasteiger charge is 2.25. The summed E-state index contributed by atoms with van der Waals surface area (Å²) in [5.41, 5.74) is 3.50. The molecule has 3 aromatic heterocycles. The lowest BCUT2D eigenvalue weighted by atomic mass is 9.97. The smallest absolute Gasteiger partial charge is 0.232 e. The maximum atomic E-state index is 15.2. The summed E-state index contributed by atoms with van der Waals surface area (Å²) in [5, 5.41) is 0.448. The van der Waals surface area contributed by atoms with Gasteiger partial charge >= 0.3 is 0 Å². The Kier molecular flexibility index (Phi) is 6.42. The zero-order valence-corrected chi connectivity index (χ0v) is 20.5. The van der Waals surface area contributed by atoms with Crippen LogP contribution in [0.3, 0.4) is 0 Å². The van der Waals surface area contributed by atoms with Crippen LogP contribution in [0.25, 0.3) is 22.2 Å². The van der Waals surface area contributed by atoms with Gasteiger partial charge in [-0.2, -0.15) is 0 Å². The molecule has 182 valence electrons. The second kappa shape index (κ2) is 9.18. The minimum Gasteiger partial charge on any atom is -0.345 e. The van der Waals surface area contributed by atoms with Gasteiger partial charge < -0.3 is 4.98 Å². The van der Waals surface area contributed by atoms with Gasteiger partial charge in [0.2, 0.25) is 10.0 Å². The van der Waals surface area contributed by atoms with Crippen molar-refractivity contribution in [2.24, 2.45) is 0 Å². The number of pyridine rings is 2. The van der Waals surface area contributed by atoms with Crippen molar-refractivity contribution in [2.45, 2.75) is 34.1 Å². The second-order valence-electron chi connectivity index (χ2n) is 8.40. The van der Waals surface area contributed by atoms with Crippen LogP contribution in [0.5, 0.6) is 0 Å². The molecule has 0 aliphatic rings. The van der Waals surface area contributed by atoms with Crippen LogP contribution in [0.15, 0.2) is 36.7 Å². The number of aromatic nitrogens is 3. The van der Waals surface area contributed by atoms with Gasteiger partial charge in [-0.25, -0.2) is 22.2 Å². The summed E-state index contributed by atoms with van der Waals surface area (Å²) < 4.78 is 55.6. The molecule has 0 spiro atoms. The third-order valence-corrected chi connectivity index (χ3v) is 7.12. The number of aromatic amines is 1. The zero-order chi connectivity index (χ0) is 25.5. The van der Waals surface area contributed by atoms with E-state index in [0.29, 0.717) is 11.0 Å². The number of sulfonamides is 1. The van der Waals surface area contributed by atoms with Gasteiger partial charge in [-0.1, -0.05) is 6.92 Å². The summed E-state index contributed by atoms with van der Waals surface area (Å²) in [7, 11) is -3.97. The molecular formula is C25H24F2N4O3S. The first-order chi connectivity index (χ1) is 16.5. The first-order valence-electron chi connectivity index (χ1n) is 11.0. The van der Waals surface area contributed by atoms with Crippen molar-refractivity contribution in [2.75, 3.05) is 10.5 Å². The van der Waals surface area contributed by atoms with E-state index in [-0.39, 0.29) is 17.7 Å². The van der Waals surface area contributed by atoms with Crippen molar-refractivity contribution in [1.82, 2.24) is 15.0 Å². The number of hydrogen-bond donors (Lipinski definition) is 2. The Bertz CT molecular complexity index is 1560. The molecule has 0 unspecified atom stereocenters. The van der Waals surface area contributed by atoms with Gasteiger partial charge in [-0.3, -0.25) is 14.5 Å². The third kappa shape index (κ3) is 4.66. The Morgan fingerprint density at radius 3 is 2.54 bits per heavy atom. The van der Waals surface area contributed by atoms with Crippen LogP contribution in [0.1, 0.15) is 46.2 Å². The van der Waals surface area contributed by atoms with Crippen LogP contribution < -0.4 is 4.72 Å². The van der Waals surface area contributed by atoms with Gasteiger partial charge in [0.1, 0.15) is 17.2 Å². The van der Waals surface area contributed by atoms with Crippen LogP contribution in [-0.2, 0) is 10.0 Å². The molecule has 0 aliphatic heterocycles. The normalized spacial score (nSPS) is 11.7. The number of carbonyl (C=O) groups excluding carboxylic acids is 1. The van der Waals surface area contributed by atoms with E-state index in [0.717, 1.165) is 40.2 Å². The maximum Gasteiger partial charge on any atom is 0.232 e. The quantitative estimate of drug-likeness (QED) is 0.340. The summed E-state index contributed by atoms with van der Waals surface area (Å²) in [6.07, 6.45) is 3.33. The first-order valence-corrected chi connectivity index (χ1v) is 12.6. The molecule has 0 saturated carbocycles. The zero-order valence-electron chi connectivity index (χ0n) is 19.7. The van der Waals surface area contributed by atoms with Crippen molar-refractivity contribution in [1.29, 1.82) is 0 Å². The van der Waals surface area contributed by atoms with Gasteiger partial charge in [0.25, 0.3) is 0 Å². The van der Waals surface area contributed by atoms with E-state index in [1.165, 1.54) is 6.20 Å². The topological polar surface area (TPSA) is 105 Å². The Morgan fingerprint density at radius 2 is 1.86 bits per heavy atom. The molecule has 2 N–H and O–H groups in total. The van der Waals surface area contributed by atoms with Gasteiger partial charge in [0, 0.05) is 45.9 Å². The minimum atomic E-state index is -3.97. The van der Waals surface area contributed by atoms with E-state index >= 15 is 4.39 Å². The number of ketones is 1. The van der Waals surface area contributed by atoms with Crippen LogP contribution >= 0.6 is 0 Å². The fraction of sp³-hybridized carbons (Fsp3) is 0.240. The van der Waals surface area contributed by atoms with Crippen molar-refractivity contribution in [3.05, 3.63) is 76.4 Å². The van der Waals surface area contributed by atoms with Crippen LogP contribution in [0.4, 0.5) is 14.5 Å². The van der Waals surface area contributed by atoms with E-state index in [1.54, 1.807) is 19.2 Å². The van der Waals surface area contributed by atoms with Crippen molar-refractivity contribution < 1.29 is 22.0 Å². The van der Waals surface area contributed by atoms with E-state index in [1.807, 2.05) is 31.6 Å². The molecular weight excluding hydrogens is 474 g/mol. The van der Waals surface area contributed by atoms with Crippen molar-refractivity contribution in [3.63, 3.8) is 0 Å². The Labute approximate surface area is 201 Å². The Hall–Kier alpha value is -3.66. The number of benzene rings is 1. The molecule has 4 aromatic rings. The Morgan fingerprint density at radius 1 is 1.11 bits per heavy atom. The first kappa shape index (κ1) is 24.5.